The van der Waals surface area contributed by atoms with Gasteiger partial charge in [0.05, 0.1) is 5.69 Å². The molecule has 0 saturated carbocycles. The summed E-state index contributed by atoms with van der Waals surface area (Å²) in [7, 11) is 0. The fourth-order valence-electron chi connectivity index (χ4n) is 2.05. The van der Waals surface area contributed by atoms with E-state index in [1.165, 1.54) is 6.07 Å². The van der Waals surface area contributed by atoms with Crippen molar-refractivity contribution in [3.05, 3.63) is 56.6 Å². The van der Waals surface area contributed by atoms with Gasteiger partial charge in [-0.1, -0.05) is 12.1 Å². The fourth-order valence-corrected chi connectivity index (χ4v) is 2.17. The Morgan fingerprint density at radius 2 is 2.10 bits per heavy atom. The summed E-state index contributed by atoms with van der Waals surface area (Å²) in [6.07, 6.45) is 0. The highest BCUT2D eigenvalue weighted by Gasteiger charge is 2.14. The Bertz CT molecular complexity index is 923. The van der Waals surface area contributed by atoms with Gasteiger partial charge in [0.2, 0.25) is 5.43 Å². The van der Waals surface area contributed by atoms with E-state index in [4.69, 9.17) is 16.6 Å². The maximum Gasteiger partial charge on any atom is 0.284 e. The minimum Gasteiger partial charge on any atom is -0.407 e. The van der Waals surface area contributed by atoms with Crippen LogP contribution in [0, 0.1) is 18.7 Å². The lowest BCUT2D eigenvalue weighted by atomic mass is 10.2. The predicted octanol–water partition coefficient (Wildman–Crippen LogP) is 2.56. The Morgan fingerprint density at radius 1 is 1.29 bits per heavy atom. The molecule has 3 aromatic rings. The molecule has 7 heteroatoms. The Morgan fingerprint density at radius 3 is 2.76 bits per heavy atom. The van der Waals surface area contributed by atoms with Crippen molar-refractivity contribution in [2.45, 2.75) is 13.8 Å². The third-order valence-corrected chi connectivity index (χ3v) is 3.17. The summed E-state index contributed by atoms with van der Waals surface area (Å²) in [5.41, 5.74) is 2.55. The van der Waals surface area contributed by atoms with Crippen molar-refractivity contribution in [2.24, 2.45) is 0 Å². The largest absolute Gasteiger partial charge is 0.407 e. The number of aryl methyl sites for hydroxylation is 2. The van der Waals surface area contributed by atoms with E-state index in [0.29, 0.717) is 0 Å². The molecule has 0 aliphatic heterocycles. The number of nitrogens with zero attached hydrogens (tertiary/aromatic N) is 3. The van der Waals surface area contributed by atoms with Crippen LogP contribution in [0.3, 0.4) is 0 Å². The van der Waals surface area contributed by atoms with Crippen LogP contribution >= 0.6 is 12.2 Å². The minimum atomic E-state index is -0.262. The summed E-state index contributed by atoms with van der Waals surface area (Å²) >= 11 is 4.82. The average molecular weight is 300 g/mol. The topological polar surface area (TPSA) is 76.7 Å². The maximum absolute atomic E-state index is 12.1. The number of benzene rings is 1. The molecule has 0 aliphatic rings. The summed E-state index contributed by atoms with van der Waals surface area (Å²) in [4.78, 5) is 12.2. The van der Waals surface area contributed by atoms with Crippen molar-refractivity contribution in [1.82, 2.24) is 20.0 Å². The highest BCUT2D eigenvalue weighted by molar-refractivity contribution is 7.71. The number of nitrogens with one attached hydrogen (secondary N) is 1. The molecule has 1 N–H and O–H groups in total. The lowest BCUT2D eigenvalue weighted by molar-refractivity contribution is 0.546. The molecule has 0 spiro atoms. The lowest BCUT2D eigenvalue weighted by Crippen LogP contribution is -2.16. The molecule has 0 radical (unpaired) electrons. The Kier molecular flexibility index (Phi) is 3.26. The molecule has 1 aromatic carbocycles. The summed E-state index contributed by atoms with van der Waals surface area (Å²) < 4.78 is 6.85. The zero-order valence-corrected chi connectivity index (χ0v) is 12.3. The van der Waals surface area contributed by atoms with Crippen LogP contribution in [0.1, 0.15) is 11.3 Å². The Hall–Kier alpha value is -2.54. The second-order valence-electron chi connectivity index (χ2n) is 4.67. The van der Waals surface area contributed by atoms with Gasteiger partial charge in [-0.25, -0.2) is 9.78 Å². The van der Waals surface area contributed by atoms with E-state index < -0.39 is 0 Å². The van der Waals surface area contributed by atoms with Crippen LogP contribution < -0.4 is 5.43 Å². The molecule has 2 heterocycles. The standard InChI is InChI=1S/C14H12N4O2S/c1-8-4-3-5-10(6-8)18-9(2)7-11(19)12(17-18)13-15-16-14(21)20-13/h3-7H,1-2H3,(H,16,21). The Balaban J connectivity index is 2.23. The average Bonchev–Trinajstić information content (AvgIpc) is 2.85. The van der Waals surface area contributed by atoms with E-state index in [1.807, 2.05) is 38.1 Å². The van der Waals surface area contributed by atoms with E-state index in [0.717, 1.165) is 16.9 Å². The normalized spacial score (nSPS) is 10.8. The predicted molar refractivity (Wildman–Crippen MR) is 80.0 cm³/mol. The van der Waals surface area contributed by atoms with Crippen LogP contribution in [0.2, 0.25) is 0 Å². The van der Waals surface area contributed by atoms with E-state index in [1.54, 1.807) is 4.68 Å². The zero-order valence-electron chi connectivity index (χ0n) is 11.5. The van der Waals surface area contributed by atoms with Gasteiger partial charge in [-0.15, -0.1) is 5.10 Å². The van der Waals surface area contributed by atoms with E-state index in [2.05, 4.69) is 15.3 Å². The van der Waals surface area contributed by atoms with E-state index >= 15 is 0 Å². The van der Waals surface area contributed by atoms with Crippen molar-refractivity contribution in [3.8, 4) is 17.3 Å². The third kappa shape index (κ3) is 2.55. The molecule has 0 fully saturated rings. The van der Waals surface area contributed by atoms with Gasteiger partial charge in [0, 0.05) is 11.8 Å². The monoisotopic (exact) mass is 300 g/mol. The van der Waals surface area contributed by atoms with Crippen LogP contribution in [0.25, 0.3) is 17.3 Å². The number of rotatable bonds is 2. The first-order chi connectivity index (χ1) is 10.0. The van der Waals surface area contributed by atoms with Gasteiger partial charge in [0.1, 0.15) is 0 Å². The quantitative estimate of drug-likeness (QED) is 0.736. The smallest absolute Gasteiger partial charge is 0.284 e. The highest BCUT2D eigenvalue weighted by Crippen LogP contribution is 2.14. The van der Waals surface area contributed by atoms with Crippen LogP contribution in [-0.4, -0.2) is 20.0 Å². The van der Waals surface area contributed by atoms with Gasteiger partial charge in [-0.05, 0) is 43.8 Å². The number of hydrogen-bond donors (Lipinski definition) is 1. The van der Waals surface area contributed by atoms with E-state index in [-0.39, 0.29) is 21.9 Å². The first kappa shape index (κ1) is 13.4. The molecule has 0 atom stereocenters. The second kappa shape index (κ2) is 5.10. The summed E-state index contributed by atoms with van der Waals surface area (Å²) in [6.45, 7) is 3.81. The molecular weight excluding hydrogens is 288 g/mol. The van der Waals surface area contributed by atoms with Gasteiger partial charge >= 0.3 is 0 Å². The van der Waals surface area contributed by atoms with Gasteiger partial charge in [-0.2, -0.15) is 5.10 Å². The van der Waals surface area contributed by atoms with Crippen LogP contribution in [0.15, 0.2) is 39.5 Å². The summed E-state index contributed by atoms with van der Waals surface area (Å²) in [6, 6.07) is 9.33. The first-order valence-corrected chi connectivity index (χ1v) is 6.69. The van der Waals surface area contributed by atoms with Crippen molar-refractivity contribution in [2.75, 3.05) is 0 Å². The second-order valence-corrected chi connectivity index (χ2v) is 5.04. The summed E-state index contributed by atoms with van der Waals surface area (Å²) in [5, 5.41) is 10.7. The molecule has 0 aliphatic carbocycles. The van der Waals surface area contributed by atoms with E-state index in [9.17, 15) is 4.79 Å². The number of H-pyrrole nitrogens is 1. The third-order valence-electron chi connectivity index (χ3n) is 2.99. The lowest BCUT2D eigenvalue weighted by Gasteiger charge is -2.10. The maximum atomic E-state index is 12.1. The molecule has 6 nitrogen and oxygen atoms in total. The molecule has 21 heavy (non-hydrogen) atoms. The molecule has 0 unspecified atom stereocenters. The van der Waals surface area contributed by atoms with Gasteiger partial charge in [0.15, 0.2) is 5.69 Å². The molecule has 0 saturated heterocycles. The number of aromatic amines is 1. The molecular formula is C14H12N4O2S. The van der Waals surface area contributed by atoms with Gasteiger partial charge in [-0.3, -0.25) is 4.79 Å². The van der Waals surface area contributed by atoms with Gasteiger partial charge < -0.3 is 4.42 Å². The first-order valence-electron chi connectivity index (χ1n) is 6.28. The molecule has 0 bridgehead atoms. The van der Waals surface area contributed by atoms with Crippen molar-refractivity contribution in [1.29, 1.82) is 0 Å². The van der Waals surface area contributed by atoms with Crippen molar-refractivity contribution < 1.29 is 4.42 Å². The fraction of sp³-hybridized carbons (Fsp3) is 0.143. The van der Waals surface area contributed by atoms with Crippen molar-refractivity contribution >= 4 is 12.2 Å². The molecule has 106 valence electrons. The van der Waals surface area contributed by atoms with Gasteiger partial charge in [0.25, 0.3) is 10.7 Å². The highest BCUT2D eigenvalue weighted by atomic mass is 32.1. The van der Waals surface area contributed by atoms with Crippen LogP contribution in [0.4, 0.5) is 0 Å². The molecule has 3 rings (SSSR count). The number of aromatic nitrogens is 4. The SMILES string of the molecule is Cc1cccc(-n2nc(-c3n[nH]c(=S)o3)c(=O)cc2C)c1. The zero-order chi connectivity index (χ0) is 15.0. The van der Waals surface area contributed by atoms with Crippen LogP contribution in [-0.2, 0) is 0 Å². The van der Waals surface area contributed by atoms with Crippen molar-refractivity contribution in [3.63, 3.8) is 0 Å². The molecule has 0 amide bonds. The molecule has 2 aromatic heterocycles. The Labute approximate surface area is 125 Å². The number of hydrogen-bond acceptors (Lipinski definition) is 5. The summed E-state index contributed by atoms with van der Waals surface area (Å²) in [5.74, 6) is 0.0893. The van der Waals surface area contributed by atoms with Crippen LogP contribution in [0.5, 0.6) is 0 Å². The minimum absolute atomic E-state index is 0.0893.